The molecule has 0 radical (unpaired) electrons. The molecule has 0 bridgehead atoms. The summed E-state index contributed by atoms with van der Waals surface area (Å²) in [6.45, 7) is 8.14. The monoisotopic (exact) mass is 395 g/mol. The molecule has 0 saturated heterocycles. The number of quaternary nitrogens is 1. The van der Waals surface area contributed by atoms with Crippen molar-refractivity contribution in [1.82, 2.24) is 4.57 Å². The van der Waals surface area contributed by atoms with Crippen molar-refractivity contribution in [1.29, 1.82) is 0 Å². The Labute approximate surface area is 173 Å². The average Bonchev–Trinajstić information content (AvgIpc) is 3.13. The van der Waals surface area contributed by atoms with Crippen LogP contribution < -0.4 is 9.64 Å². The molecule has 0 saturated carbocycles. The molecule has 0 aliphatic rings. The molecule has 3 aromatic rings. The van der Waals surface area contributed by atoms with Gasteiger partial charge in [0, 0.05) is 18.3 Å². The van der Waals surface area contributed by atoms with Crippen LogP contribution in [0.3, 0.4) is 0 Å². The molecule has 4 heteroatoms. The molecule has 29 heavy (non-hydrogen) atoms. The molecule has 1 N–H and O–H groups in total. The molecule has 0 amide bonds. The fourth-order valence-corrected chi connectivity index (χ4v) is 3.66. The summed E-state index contributed by atoms with van der Waals surface area (Å²) < 4.78 is 21.3. The third kappa shape index (κ3) is 6.47. The van der Waals surface area contributed by atoms with Gasteiger partial charge in [-0.1, -0.05) is 38.1 Å². The van der Waals surface area contributed by atoms with E-state index in [2.05, 4.69) is 48.9 Å². The highest BCUT2D eigenvalue weighted by Gasteiger charge is 2.15. The fraction of sp³-hybridized carbons (Fsp3) is 0.360. The van der Waals surface area contributed by atoms with Crippen LogP contribution in [0.25, 0.3) is 0 Å². The van der Waals surface area contributed by atoms with Crippen molar-refractivity contribution in [2.24, 2.45) is 5.92 Å². The summed E-state index contributed by atoms with van der Waals surface area (Å²) in [4.78, 5) is 1.45. The smallest absolute Gasteiger partial charge is 0.123 e. The highest BCUT2D eigenvalue weighted by Crippen LogP contribution is 2.15. The van der Waals surface area contributed by atoms with E-state index >= 15 is 0 Å². The van der Waals surface area contributed by atoms with Crippen LogP contribution in [0.1, 0.15) is 37.1 Å². The number of aromatic nitrogens is 1. The molecule has 2 aromatic carbocycles. The molecule has 0 spiro atoms. The lowest BCUT2D eigenvalue weighted by Crippen LogP contribution is -3.09. The van der Waals surface area contributed by atoms with Gasteiger partial charge >= 0.3 is 0 Å². The number of methoxy groups -OCH3 is 1. The van der Waals surface area contributed by atoms with E-state index in [4.69, 9.17) is 4.74 Å². The van der Waals surface area contributed by atoms with Crippen molar-refractivity contribution in [3.8, 4) is 5.75 Å². The lowest BCUT2D eigenvalue weighted by atomic mass is 10.1. The lowest BCUT2D eigenvalue weighted by Gasteiger charge is -2.22. The van der Waals surface area contributed by atoms with Crippen LogP contribution in [-0.2, 0) is 19.6 Å². The Balaban J connectivity index is 1.74. The number of nitrogens with zero attached hydrogens (tertiary/aromatic N) is 1. The van der Waals surface area contributed by atoms with E-state index in [0.29, 0.717) is 5.92 Å². The molecular weight excluding hydrogens is 363 g/mol. The molecule has 1 aromatic heterocycles. The molecule has 1 unspecified atom stereocenters. The maximum atomic E-state index is 13.7. The fourth-order valence-electron chi connectivity index (χ4n) is 3.66. The summed E-state index contributed by atoms with van der Waals surface area (Å²) in [5.74, 6) is 1.37. The van der Waals surface area contributed by atoms with Crippen LogP contribution in [0.15, 0.2) is 66.9 Å². The zero-order valence-electron chi connectivity index (χ0n) is 17.7. The molecule has 0 fully saturated rings. The highest BCUT2D eigenvalue weighted by atomic mass is 19.1. The first-order valence-corrected chi connectivity index (χ1v) is 10.4. The van der Waals surface area contributed by atoms with E-state index in [1.165, 1.54) is 22.2 Å². The quantitative estimate of drug-likeness (QED) is 0.542. The van der Waals surface area contributed by atoms with Gasteiger partial charge in [-0.3, -0.25) is 0 Å². The predicted molar refractivity (Wildman–Crippen MR) is 116 cm³/mol. The topological polar surface area (TPSA) is 18.6 Å². The standard InChI is InChI=1S/C25H31FN2O/c1-20(2)12-14-27(17-21-7-4-9-23(26)15-21)19-24-10-6-13-28(24)18-22-8-5-11-25(16-22)29-3/h4-11,13,15-16,20H,12,14,17-19H2,1-3H3/p+1. The number of halogens is 1. The van der Waals surface area contributed by atoms with Gasteiger partial charge in [0.25, 0.3) is 0 Å². The first kappa shape index (κ1) is 21.1. The van der Waals surface area contributed by atoms with E-state index in [0.717, 1.165) is 43.9 Å². The Morgan fingerprint density at radius 1 is 0.966 bits per heavy atom. The largest absolute Gasteiger partial charge is 0.497 e. The van der Waals surface area contributed by atoms with Gasteiger partial charge < -0.3 is 14.2 Å². The van der Waals surface area contributed by atoms with Crippen LogP contribution in [0.4, 0.5) is 4.39 Å². The van der Waals surface area contributed by atoms with Crippen LogP contribution in [0, 0.1) is 11.7 Å². The van der Waals surface area contributed by atoms with Gasteiger partial charge in [-0.05, 0) is 54.3 Å². The van der Waals surface area contributed by atoms with Crippen molar-refractivity contribution in [2.75, 3.05) is 13.7 Å². The van der Waals surface area contributed by atoms with Crippen molar-refractivity contribution >= 4 is 0 Å². The van der Waals surface area contributed by atoms with Crippen molar-refractivity contribution in [3.63, 3.8) is 0 Å². The third-order valence-electron chi connectivity index (χ3n) is 5.26. The van der Waals surface area contributed by atoms with Gasteiger partial charge in [-0.15, -0.1) is 0 Å². The first-order valence-electron chi connectivity index (χ1n) is 10.4. The van der Waals surface area contributed by atoms with Crippen molar-refractivity contribution < 1.29 is 14.0 Å². The normalized spacial score (nSPS) is 12.3. The van der Waals surface area contributed by atoms with Crippen LogP contribution in [0.2, 0.25) is 0 Å². The molecule has 1 atom stereocenters. The SMILES string of the molecule is COc1cccc(Cn2cccc2C[NH+](CCC(C)C)Cc2cccc(F)c2)c1. The molecule has 3 rings (SSSR count). The second-order valence-electron chi connectivity index (χ2n) is 8.14. The van der Waals surface area contributed by atoms with Crippen LogP contribution >= 0.6 is 0 Å². The van der Waals surface area contributed by atoms with E-state index < -0.39 is 0 Å². The van der Waals surface area contributed by atoms with Gasteiger partial charge in [-0.2, -0.15) is 0 Å². The minimum atomic E-state index is -0.160. The summed E-state index contributed by atoms with van der Waals surface area (Å²) in [6.07, 6.45) is 3.29. The second-order valence-corrected chi connectivity index (χ2v) is 8.14. The number of hydrogen-bond donors (Lipinski definition) is 1. The molecule has 3 nitrogen and oxygen atoms in total. The van der Waals surface area contributed by atoms with E-state index in [9.17, 15) is 4.39 Å². The highest BCUT2D eigenvalue weighted by molar-refractivity contribution is 5.29. The van der Waals surface area contributed by atoms with Crippen LogP contribution in [-0.4, -0.2) is 18.2 Å². The number of nitrogens with one attached hydrogen (secondary N) is 1. The number of ether oxygens (including phenoxy) is 1. The number of rotatable bonds is 10. The van der Waals surface area contributed by atoms with E-state index in [1.54, 1.807) is 19.2 Å². The van der Waals surface area contributed by atoms with Gasteiger partial charge in [0.05, 0.1) is 19.3 Å². The Morgan fingerprint density at radius 2 is 1.76 bits per heavy atom. The Morgan fingerprint density at radius 3 is 2.52 bits per heavy atom. The Hall–Kier alpha value is -2.59. The number of benzene rings is 2. The van der Waals surface area contributed by atoms with Gasteiger partial charge in [0.2, 0.25) is 0 Å². The summed E-state index contributed by atoms with van der Waals surface area (Å²) in [5, 5.41) is 0. The maximum absolute atomic E-state index is 13.7. The van der Waals surface area contributed by atoms with Crippen molar-refractivity contribution in [3.05, 3.63) is 89.5 Å². The van der Waals surface area contributed by atoms with Gasteiger partial charge in [-0.25, -0.2) is 4.39 Å². The molecule has 154 valence electrons. The summed E-state index contributed by atoms with van der Waals surface area (Å²) in [5.41, 5.74) is 3.56. The summed E-state index contributed by atoms with van der Waals surface area (Å²) in [6, 6.07) is 19.5. The third-order valence-corrected chi connectivity index (χ3v) is 5.26. The Kier molecular flexibility index (Phi) is 7.48. The van der Waals surface area contributed by atoms with Gasteiger partial charge in [0.15, 0.2) is 0 Å². The maximum Gasteiger partial charge on any atom is 0.123 e. The van der Waals surface area contributed by atoms with Crippen molar-refractivity contribution in [2.45, 2.75) is 39.9 Å². The van der Waals surface area contributed by atoms with Gasteiger partial charge in [0.1, 0.15) is 24.7 Å². The molecule has 0 aliphatic carbocycles. The lowest BCUT2D eigenvalue weighted by molar-refractivity contribution is -0.928. The zero-order chi connectivity index (χ0) is 20.6. The summed E-state index contributed by atoms with van der Waals surface area (Å²) in [7, 11) is 1.70. The minimum Gasteiger partial charge on any atom is -0.497 e. The molecular formula is C25H32FN2O+. The van der Waals surface area contributed by atoms with E-state index in [-0.39, 0.29) is 5.82 Å². The molecule has 0 aliphatic heterocycles. The minimum absolute atomic E-state index is 0.160. The zero-order valence-corrected chi connectivity index (χ0v) is 17.7. The molecule has 1 heterocycles. The summed E-state index contributed by atoms with van der Waals surface area (Å²) >= 11 is 0. The van der Waals surface area contributed by atoms with E-state index in [1.807, 2.05) is 18.2 Å². The van der Waals surface area contributed by atoms with Crippen LogP contribution in [0.5, 0.6) is 5.75 Å². The average molecular weight is 396 g/mol. The Bertz CT molecular complexity index is 903. The first-order chi connectivity index (χ1) is 14.0. The predicted octanol–water partition coefficient (Wildman–Crippen LogP) is 4.32. The second kappa shape index (κ2) is 10.3. The number of hydrogen-bond acceptors (Lipinski definition) is 1.